The van der Waals surface area contributed by atoms with Gasteiger partial charge in [-0.05, 0) is 42.4 Å². The first kappa shape index (κ1) is 9.72. The molecular formula is C15H18N2. The molecule has 0 bridgehead atoms. The van der Waals surface area contributed by atoms with Crippen molar-refractivity contribution in [2.75, 3.05) is 13.6 Å². The first-order valence-electron chi connectivity index (χ1n) is 6.65. The number of nitrogens with zero attached hydrogens (tertiary/aromatic N) is 2. The molecule has 4 rings (SSSR count). The molecule has 0 radical (unpaired) electrons. The average Bonchev–Trinajstić information content (AvgIpc) is 2.88. The van der Waals surface area contributed by atoms with E-state index in [1.54, 1.807) is 22.4 Å². The number of allylic oxidation sites excluding steroid dienone is 4. The highest BCUT2D eigenvalue weighted by Crippen LogP contribution is 2.45. The molecule has 1 saturated heterocycles. The van der Waals surface area contributed by atoms with Crippen molar-refractivity contribution in [3.63, 3.8) is 0 Å². The summed E-state index contributed by atoms with van der Waals surface area (Å²) in [5.74, 6) is 0. The molecule has 0 aromatic heterocycles. The molecule has 4 aliphatic rings. The monoisotopic (exact) mass is 226 g/mol. The maximum atomic E-state index is 2.53. The molecule has 0 amide bonds. The van der Waals surface area contributed by atoms with Gasteiger partial charge in [-0.2, -0.15) is 0 Å². The van der Waals surface area contributed by atoms with Crippen LogP contribution in [0.5, 0.6) is 0 Å². The Hall–Kier alpha value is -1.28. The maximum Gasteiger partial charge on any atom is 0.0813 e. The van der Waals surface area contributed by atoms with Crippen molar-refractivity contribution >= 4 is 0 Å². The van der Waals surface area contributed by atoms with Crippen LogP contribution in [0.2, 0.25) is 0 Å². The van der Waals surface area contributed by atoms with Crippen molar-refractivity contribution in [2.45, 2.75) is 31.7 Å². The zero-order chi connectivity index (χ0) is 11.4. The van der Waals surface area contributed by atoms with E-state index in [9.17, 15) is 0 Å². The van der Waals surface area contributed by atoms with Crippen LogP contribution in [0, 0.1) is 0 Å². The molecule has 1 atom stereocenters. The lowest BCUT2D eigenvalue weighted by atomic mass is 9.89. The van der Waals surface area contributed by atoms with E-state index in [0.717, 1.165) is 6.54 Å². The van der Waals surface area contributed by atoms with Crippen LogP contribution in [0.4, 0.5) is 0 Å². The zero-order valence-electron chi connectivity index (χ0n) is 10.3. The summed E-state index contributed by atoms with van der Waals surface area (Å²) in [6.07, 6.45) is 14.5. The summed E-state index contributed by atoms with van der Waals surface area (Å²) in [7, 11) is 2.23. The Balaban J connectivity index is 1.83. The lowest BCUT2D eigenvalue weighted by Crippen LogP contribution is -2.36. The summed E-state index contributed by atoms with van der Waals surface area (Å²) >= 11 is 0. The normalized spacial score (nSPS) is 31.1. The zero-order valence-corrected chi connectivity index (χ0v) is 10.3. The van der Waals surface area contributed by atoms with E-state index in [2.05, 4.69) is 41.4 Å². The second-order valence-electron chi connectivity index (χ2n) is 5.33. The Morgan fingerprint density at radius 2 is 2.06 bits per heavy atom. The van der Waals surface area contributed by atoms with Crippen molar-refractivity contribution in [3.05, 3.63) is 46.7 Å². The molecule has 0 spiro atoms. The van der Waals surface area contributed by atoms with Gasteiger partial charge in [-0.3, -0.25) is 0 Å². The van der Waals surface area contributed by atoms with Crippen LogP contribution in [-0.2, 0) is 0 Å². The Morgan fingerprint density at radius 1 is 1.18 bits per heavy atom. The van der Waals surface area contributed by atoms with Crippen molar-refractivity contribution in [2.24, 2.45) is 0 Å². The van der Waals surface area contributed by atoms with Gasteiger partial charge < -0.3 is 5.01 Å². The molecule has 0 N–H and O–H groups in total. The smallest absolute Gasteiger partial charge is 0.0813 e. The predicted molar refractivity (Wildman–Crippen MR) is 69.1 cm³/mol. The van der Waals surface area contributed by atoms with E-state index in [1.807, 2.05) is 0 Å². The van der Waals surface area contributed by atoms with Gasteiger partial charge in [0.2, 0.25) is 0 Å². The Labute approximate surface area is 103 Å². The summed E-state index contributed by atoms with van der Waals surface area (Å²) in [6, 6.07) is 0.526. The van der Waals surface area contributed by atoms with Gasteiger partial charge in [0.1, 0.15) is 0 Å². The van der Waals surface area contributed by atoms with Gasteiger partial charge in [0, 0.05) is 19.3 Å². The number of fused-ring (bicyclic) bond motifs is 4. The van der Waals surface area contributed by atoms with Crippen LogP contribution in [0.25, 0.3) is 0 Å². The maximum absolute atomic E-state index is 2.53. The van der Waals surface area contributed by atoms with Crippen LogP contribution in [0.3, 0.4) is 0 Å². The van der Waals surface area contributed by atoms with E-state index in [-0.39, 0.29) is 0 Å². The third-order valence-corrected chi connectivity index (χ3v) is 4.47. The van der Waals surface area contributed by atoms with Crippen molar-refractivity contribution in [1.82, 2.24) is 10.0 Å². The van der Waals surface area contributed by atoms with E-state index < -0.39 is 0 Å². The highest BCUT2D eigenvalue weighted by Gasteiger charge is 2.44. The molecule has 88 valence electrons. The molecule has 1 unspecified atom stereocenters. The van der Waals surface area contributed by atoms with E-state index in [4.69, 9.17) is 0 Å². The van der Waals surface area contributed by atoms with Crippen molar-refractivity contribution in [1.29, 1.82) is 0 Å². The fourth-order valence-electron chi connectivity index (χ4n) is 3.65. The SMILES string of the molecule is CN1C2=C(C=CCC2)C2C3=CCCC=C3CN21. The summed E-state index contributed by atoms with van der Waals surface area (Å²) in [5, 5.41) is 4.94. The summed E-state index contributed by atoms with van der Waals surface area (Å²) in [5.41, 5.74) is 6.25. The minimum Gasteiger partial charge on any atom is -0.311 e. The quantitative estimate of drug-likeness (QED) is 0.626. The van der Waals surface area contributed by atoms with Gasteiger partial charge in [0.15, 0.2) is 0 Å². The fourth-order valence-corrected chi connectivity index (χ4v) is 3.65. The Bertz CT molecular complexity index is 493. The average molecular weight is 226 g/mol. The van der Waals surface area contributed by atoms with Crippen LogP contribution < -0.4 is 0 Å². The topological polar surface area (TPSA) is 6.48 Å². The van der Waals surface area contributed by atoms with Crippen molar-refractivity contribution in [3.8, 4) is 0 Å². The first-order chi connectivity index (χ1) is 8.36. The van der Waals surface area contributed by atoms with Crippen LogP contribution in [0.1, 0.15) is 25.7 Å². The van der Waals surface area contributed by atoms with Gasteiger partial charge in [-0.15, -0.1) is 0 Å². The number of hydrogen-bond acceptors (Lipinski definition) is 2. The summed E-state index contributed by atoms with van der Waals surface area (Å²) in [4.78, 5) is 0. The van der Waals surface area contributed by atoms with Gasteiger partial charge >= 0.3 is 0 Å². The molecule has 0 aromatic carbocycles. The molecular weight excluding hydrogens is 208 g/mol. The van der Waals surface area contributed by atoms with E-state index in [1.165, 1.54) is 25.7 Å². The molecule has 2 nitrogen and oxygen atoms in total. The molecule has 0 saturated carbocycles. The summed E-state index contributed by atoms with van der Waals surface area (Å²) < 4.78 is 0. The van der Waals surface area contributed by atoms with E-state index >= 15 is 0 Å². The molecule has 2 heterocycles. The van der Waals surface area contributed by atoms with Gasteiger partial charge in [0.25, 0.3) is 0 Å². The number of hydrazine groups is 1. The molecule has 0 aromatic rings. The van der Waals surface area contributed by atoms with Gasteiger partial charge in [-0.1, -0.05) is 24.3 Å². The Morgan fingerprint density at radius 3 is 3.00 bits per heavy atom. The van der Waals surface area contributed by atoms with Crippen LogP contribution >= 0.6 is 0 Å². The molecule has 2 aliphatic carbocycles. The Kier molecular flexibility index (Phi) is 1.92. The first-order valence-corrected chi connectivity index (χ1v) is 6.65. The largest absolute Gasteiger partial charge is 0.311 e. The fraction of sp³-hybridized carbons (Fsp3) is 0.467. The van der Waals surface area contributed by atoms with Crippen LogP contribution in [-0.4, -0.2) is 29.7 Å². The standard InChI is InChI=1S/C15H18N2/c1-16-14-9-5-4-8-13(14)15-12-7-3-2-6-11(12)10-17(15)16/h4,6-8,15H,2-3,5,9-10H2,1H3. The van der Waals surface area contributed by atoms with Crippen molar-refractivity contribution < 1.29 is 0 Å². The lowest BCUT2D eigenvalue weighted by Gasteiger charge is -2.27. The number of rotatable bonds is 0. The summed E-state index contributed by atoms with van der Waals surface area (Å²) in [6.45, 7) is 1.10. The second-order valence-corrected chi connectivity index (χ2v) is 5.33. The van der Waals surface area contributed by atoms with Gasteiger partial charge in [-0.25, -0.2) is 5.01 Å². The predicted octanol–water partition coefficient (Wildman–Crippen LogP) is 2.78. The lowest BCUT2D eigenvalue weighted by molar-refractivity contribution is 0.0664. The minimum atomic E-state index is 0.526. The third-order valence-electron chi connectivity index (χ3n) is 4.47. The van der Waals surface area contributed by atoms with Gasteiger partial charge in [0.05, 0.1) is 6.04 Å². The number of hydrogen-bond donors (Lipinski definition) is 0. The highest BCUT2D eigenvalue weighted by atomic mass is 15.7. The van der Waals surface area contributed by atoms with E-state index in [0.29, 0.717) is 6.04 Å². The molecule has 17 heavy (non-hydrogen) atoms. The highest BCUT2D eigenvalue weighted by molar-refractivity contribution is 5.54. The second kappa shape index (κ2) is 3.36. The van der Waals surface area contributed by atoms with Crippen LogP contribution in [0.15, 0.2) is 46.7 Å². The molecule has 1 fully saturated rings. The third kappa shape index (κ3) is 1.19. The molecule has 2 aliphatic heterocycles. The molecule has 2 heteroatoms. The minimum absolute atomic E-state index is 0.526.